The standard InChI is InChI=1S/C14H11NO6/c16-9-6-8(10(14(20)21)12(18)11(9)17)13(19)15-7-4-2-1-3-5-7/h1-6,16-18H,(H,15,19)(H,20,21). The summed E-state index contributed by atoms with van der Waals surface area (Å²) in [6.45, 7) is 0. The highest BCUT2D eigenvalue weighted by Crippen LogP contribution is 2.39. The second-order valence-electron chi connectivity index (χ2n) is 4.14. The number of phenolic OH excluding ortho intramolecular Hbond substituents is 2. The van der Waals surface area contributed by atoms with Gasteiger partial charge in [0.1, 0.15) is 5.56 Å². The van der Waals surface area contributed by atoms with Crippen LogP contribution in [0.3, 0.4) is 0 Å². The van der Waals surface area contributed by atoms with Gasteiger partial charge >= 0.3 is 5.97 Å². The van der Waals surface area contributed by atoms with Gasteiger partial charge in [0.2, 0.25) is 5.75 Å². The SMILES string of the molecule is O=C(Nc1ccccc1)c1cc(O)c(O)c(O)c1C(=O)O. The third-order valence-electron chi connectivity index (χ3n) is 2.74. The molecule has 0 atom stereocenters. The van der Waals surface area contributed by atoms with Crippen LogP contribution in [0.25, 0.3) is 0 Å². The molecule has 0 radical (unpaired) electrons. The number of rotatable bonds is 3. The Hall–Kier alpha value is -3.22. The van der Waals surface area contributed by atoms with Gasteiger partial charge in [-0.05, 0) is 18.2 Å². The van der Waals surface area contributed by atoms with Gasteiger partial charge in [-0.1, -0.05) is 18.2 Å². The Morgan fingerprint density at radius 1 is 0.952 bits per heavy atom. The molecule has 2 aromatic rings. The van der Waals surface area contributed by atoms with Gasteiger partial charge in [-0.25, -0.2) is 4.79 Å². The van der Waals surface area contributed by atoms with E-state index in [0.717, 1.165) is 6.07 Å². The fourth-order valence-electron chi connectivity index (χ4n) is 1.76. The molecule has 0 fully saturated rings. The van der Waals surface area contributed by atoms with Crippen LogP contribution in [-0.2, 0) is 0 Å². The van der Waals surface area contributed by atoms with Crippen molar-refractivity contribution in [3.8, 4) is 17.2 Å². The summed E-state index contributed by atoms with van der Waals surface area (Å²) in [6, 6.07) is 9.00. The molecule has 108 valence electrons. The van der Waals surface area contributed by atoms with E-state index in [1.807, 2.05) is 0 Å². The molecule has 7 nitrogen and oxygen atoms in total. The number of phenols is 3. The van der Waals surface area contributed by atoms with Crippen molar-refractivity contribution in [3.63, 3.8) is 0 Å². The lowest BCUT2D eigenvalue weighted by atomic mass is 10.0. The number of para-hydroxylation sites is 1. The van der Waals surface area contributed by atoms with Gasteiger partial charge in [0.15, 0.2) is 11.5 Å². The summed E-state index contributed by atoms with van der Waals surface area (Å²) in [5.74, 6) is -5.31. The molecule has 5 N–H and O–H groups in total. The molecule has 0 saturated carbocycles. The van der Waals surface area contributed by atoms with Crippen molar-refractivity contribution < 1.29 is 30.0 Å². The molecule has 0 aromatic heterocycles. The van der Waals surface area contributed by atoms with E-state index in [0.29, 0.717) is 5.69 Å². The molecule has 1 amide bonds. The summed E-state index contributed by atoms with van der Waals surface area (Å²) >= 11 is 0. The third-order valence-corrected chi connectivity index (χ3v) is 2.74. The first-order valence-electron chi connectivity index (χ1n) is 5.79. The number of carbonyl (C=O) groups excluding carboxylic acids is 1. The van der Waals surface area contributed by atoms with Crippen LogP contribution >= 0.6 is 0 Å². The Balaban J connectivity index is 2.48. The first-order chi connectivity index (χ1) is 9.91. The van der Waals surface area contributed by atoms with Crippen molar-refractivity contribution in [2.45, 2.75) is 0 Å². The van der Waals surface area contributed by atoms with Crippen LogP contribution < -0.4 is 5.32 Å². The molecular weight excluding hydrogens is 278 g/mol. The minimum atomic E-state index is -1.61. The Morgan fingerprint density at radius 3 is 2.14 bits per heavy atom. The Bertz CT molecular complexity index is 711. The minimum Gasteiger partial charge on any atom is -0.504 e. The van der Waals surface area contributed by atoms with Crippen molar-refractivity contribution in [2.24, 2.45) is 0 Å². The molecule has 0 bridgehead atoms. The number of hydrogen-bond acceptors (Lipinski definition) is 5. The summed E-state index contributed by atoms with van der Waals surface area (Å²) < 4.78 is 0. The molecule has 0 unspecified atom stereocenters. The monoisotopic (exact) mass is 289 g/mol. The van der Waals surface area contributed by atoms with E-state index in [2.05, 4.69) is 5.32 Å². The molecule has 0 aliphatic carbocycles. The first kappa shape index (κ1) is 14.2. The molecule has 21 heavy (non-hydrogen) atoms. The molecule has 0 saturated heterocycles. The fraction of sp³-hybridized carbons (Fsp3) is 0. The van der Waals surface area contributed by atoms with Crippen LogP contribution in [0.2, 0.25) is 0 Å². The molecule has 7 heteroatoms. The fourth-order valence-corrected chi connectivity index (χ4v) is 1.76. The zero-order chi connectivity index (χ0) is 15.6. The highest BCUT2D eigenvalue weighted by atomic mass is 16.4. The van der Waals surface area contributed by atoms with E-state index >= 15 is 0 Å². The maximum Gasteiger partial charge on any atom is 0.340 e. The average Bonchev–Trinajstić information content (AvgIpc) is 2.44. The number of amides is 1. The lowest BCUT2D eigenvalue weighted by Gasteiger charge is -2.11. The maximum absolute atomic E-state index is 12.1. The van der Waals surface area contributed by atoms with Crippen molar-refractivity contribution in [1.29, 1.82) is 0 Å². The lowest BCUT2D eigenvalue weighted by molar-refractivity contribution is 0.0688. The van der Waals surface area contributed by atoms with Crippen LogP contribution in [0.15, 0.2) is 36.4 Å². The largest absolute Gasteiger partial charge is 0.504 e. The highest BCUT2D eigenvalue weighted by Gasteiger charge is 2.26. The maximum atomic E-state index is 12.1. The van der Waals surface area contributed by atoms with Gasteiger partial charge in [-0.3, -0.25) is 4.79 Å². The van der Waals surface area contributed by atoms with E-state index in [-0.39, 0.29) is 0 Å². The summed E-state index contributed by atoms with van der Waals surface area (Å²) in [4.78, 5) is 23.2. The zero-order valence-electron chi connectivity index (χ0n) is 10.6. The van der Waals surface area contributed by atoms with Crippen LogP contribution in [-0.4, -0.2) is 32.3 Å². The molecule has 0 heterocycles. The normalized spacial score (nSPS) is 10.1. The Kier molecular flexibility index (Phi) is 3.66. The summed E-state index contributed by atoms with van der Waals surface area (Å²) in [7, 11) is 0. The van der Waals surface area contributed by atoms with Crippen LogP contribution in [0.1, 0.15) is 20.7 Å². The van der Waals surface area contributed by atoms with E-state index in [1.165, 1.54) is 0 Å². The zero-order valence-corrected chi connectivity index (χ0v) is 10.6. The van der Waals surface area contributed by atoms with Gasteiger partial charge in [0, 0.05) is 5.69 Å². The van der Waals surface area contributed by atoms with Gasteiger partial charge in [-0.2, -0.15) is 0 Å². The van der Waals surface area contributed by atoms with Crippen molar-refractivity contribution in [3.05, 3.63) is 47.5 Å². The second-order valence-corrected chi connectivity index (χ2v) is 4.14. The van der Waals surface area contributed by atoms with Crippen LogP contribution in [0.5, 0.6) is 17.2 Å². The predicted octanol–water partition coefficient (Wildman–Crippen LogP) is 1.75. The van der Waals surface area contributed by atoms with Crippen molar-refractivity contribution in [1.82, 2.24) is 0 Å². The number of aromatic carboxylic acids is 1. The minimum absolute atomic E-state index is 0.408. The molecule has 0 aliphatic heterocycles. The van der Waals surface area contributed by atoms with Gasteiger partial charge in [0.25, 0.3) is 5.91 Å². The highest BCUT2D eigenvalue weighted by molar-refractivity contribution is 6.12. The number of anilines is 1. The number of aromatic hydroxyl groups is 3. The van der Waals surface area contributed by atoms with Crippen molar-refractivity contribution in [2.75, 3.05) is 5.32 Å². The van der Waals surface area contributed by atoms with E-state index in [9.17, 15) is 24.9 Å². The Morgan fingerprint density at radius 2 is 1.57 bits per heavy atom. The smallest absolute Gasteiger partial charge is 0.340 e. The van der Waals surface area contributed by atoms with Crippen molar-refractivity contribution >= 4 is 17.6 Å². The van der Waals surface area contributed by atoms with E-state index in [4.69, 9.17) is 5.11 Å². The summed E-state index contributed by atoms with van der Waals surface area (Å²) in [5, 5.41) is 39.8. The quantitative estimate of drug-likeness (QED) is 0.548. The summed E-state index contributed by atoms with van der Waals surface area (Å²) in [6.07, 6.45) is 0. The van der Waals surface area contributed by atoms with E-state index < -0.39 is 40.3 Å². The lowest BCUT2D eigenvalue weighted by Crippen LogP contribution is -2.16. The number of benzene rings is 2. The summed E-state index contributed by atoms with van der Waals surface area (Å²) in [5.41, 5.74) is -0.858. The van der Waals surface area contributed by atoms with Gasteiger partial charge in [0.05, 0.1) is 5.56 Å². The van der Waals surface area contributed by atoms with Gasteiger partial charge in [-0.15, -0.1) is 0 Å². The topological polar surface area (TPSA) is 127 Å². The number of nitrogens with one attached hydrogen (secondary N) is 1. The molecule has 2 rings (SSSR count). The first-order valence-corrected chi connectivity index (χ1v) is 5.79. The number of carboxylic acids is 1. The molecule has 2 aromatic carbocycles. The molecular formula is C14H11NO6. The number of hydrogen-bond donors (Lipinski definition) is 5. The predicted molar refractivity (Wildman–Crippen MR) is 72.8 cm³/mol. The van der Waals surface area contributed by atoms with Gasteiger partial charge < -0.3 is 25.7 Å². The Labute approximate surface area is 118 Å². The number of carbonyl (C=O) groups is 2. The third kappa shape index (κ3) is 2.71. The second kappa shape index (κ2) is 5.41. The van der Waals surface area contributed by atoms with Crippen LogP contribution in [0, 0.1) is 0 Å². The molecule has 0 aliphatic rings. The number of carboxylic acid groups (broad SMARTS) is 1. The van der Waals surface area contributed by atoms with Crippen LogP contribution in [0.4, 0.5) is 5.69 Å². The average molecular weight is 289 g/mol. The molecule has 0 spiro atoms. The van der Waals surface area contributed by atoms with E-state index in [1.54, 1.807) is 30.3 Å².